The lowest BCUT2D eigenvalue weighted by Crippen LogP contribution is -2.24. The van der Waals surface area contributed by atoms with Crippen molar-refractivity contribution in [1.29, 1.82) is 0 Å². The first-order chi connectivity index (χ1) is 9.81. The Labute approximate surface area is 136 Å². The van der Waals surface area contributed by atoms with E-state index >= 15 is 0 Å². The van der Waals surface area contributed by atoms with Crippen LogP contribution < -0.4 is 5.32 Å². The molecule has 1 aromatic carbocycles. The second-order valence-corrected chi connectivity index (χ2v) is 7.24. The molecule has 0 amide bonds. The standard InChI is InChI=1S/C16H24ClNO2S/c1-5-8-18-10-12-6-7-14(13(17)9-12)21-11-15(19)20-16(2,3)4/h6-7,9,18H,5,8,10-11H2,1-4H3. The third-order valence-corrected chi connectivity index (χ3v) is 3.99. The number of hydrogen-bond acceptors (Lipinski definition) is 4. The highest BCUT2D eigenvalue weighted by Crippen LogP contribution is 2.28. The van der Waals surface area contributed by atoms with Crippen LogP contribution in [-0.4, -0.2) is 23.9 Å². The van der Waals surface area contributed by atoms with Gasteiger partial charge in [-0.2, -0.15) is 0 Å². The molecular formula is C16H24ClNO2S. The van der Waals surface area contributed by atoms with Crippen LogP contribution in [0.1, 0.15) is 39.7 Å². The number of nitrogens with one attached hydrogen (secondary N) is 1. The van der Waals surface area contributed by atoms with Crippen LogP contribution >= 0.6 is 23.4 Å². The Morgan fingerprint density at radius 2 is 2.10 bits per heavy atom. The summed E-state index contributed by atoms with van der Waals surface area (Å²) < 4.78 is 5.28. The van der Waals surface area contributed by atoms with E-state index in [0.717, 1.165) is 30.0 Å². The Morgan fingerprint density at radius 3 is 2.67 bits per heavy atom. The van der Waals surface area contributed by atoms with Gasteiger partial charge in [-0.25, -0.2) is 0 Å². The highest BCUT2D eigenvalue weighted by Gasteiger charge is 2.16. The number of carbonyl (C=O) groups excluding carboxylic acids is 1. The number of ether oxygens (including phenoxy) is 1. The molecule has 1 N–H and O–H groups in total. The molecule has 21 heavy (non-hydrogen) atoms. The SMILES string of the molecule is CCCNCc1ccc(SCC(=O)OC(C)(C)C)c(Cl)c1. The van der Waals surface area contributed by atoms with E-state index in [1.807, 2.05) is 39.0 Å². The molecule has 0 aliphatic carbocycles. The van der Waals surface area contributed by atoms with E-state index < -0.39 is 5.60 Å². The molecule has 0 bridgehead atoms. The maximum atomic E-state index is 11.7. The van der Waals surface area contributed by atoms with Gasteiger partial charge in [0.1, 0.15) is 5.60 Å². The predicted octanol–water partition coefficient (Wildman–Crippen LogP) is 4.27. The van der Waals surface area contributed by atoms with Gasteiger partial charge in [-0.3, -0.25) is 4.79 Å². The summed E-state index contributed by atoms with van der Waals surface area (Å²) in [6.07, 6.45) is 1.11. The molecule has 0 saturated heterocycles. The summed E-state index contributed by atoms with van der Waals surface area (Å²) in [5.74, 6) is 0.0435. The van der Waals surface area contributed by atoms with Crippen molar-refractivity contribution in [3.63, 3.8) is 0 Å². The van der Waals surface area contributed by atoms with Crippen LogP contribution in [0.25, 0.3) is 0 Å². The van der Waals surface area contributed by atoms with E-state index in [9.17, 15) is 4.79 Å². The van der Waals surface area contributed by atoms with Crippen molar-refractivity contribution >= 4 is 29.3 Å². The molecular weight excluding hydrogens is 306 g/mol. The number of halogens is 1. The predicted molar refractivity (Wildman–Crippen MR) is 90.0 cm³/mol. The molecule has 5 heteroatoms. The smallest absolute Gasteiger partial charge is 0.316 e. The minimum atomic E-state index is -0.448. The van der Waals surface area contributed by atoms with E-state index in [1.54, 1.807) is 0 Å². The van der Waals surface area contributed by atoms with Gasteiger partial charge in [0.15, 0.2) is 0 Å². The highest BCUT2D eigenvalue weighted by atomic mass is 35.5. The van der Waals surface area contributed by atoms with Crippen LogP contribution in [0.15, 0.2) is 23.1 Å². The Kier molecular flexibility index (Phi) is 7.57. The van der Waals surface area contributed by atoms with Crippen LogP contribution in [0.3, 0.4) is 0 Å². The van der Waals surface area contributed by atoms with Crippen molar-refractivity contribution in [1.82, 2.24) is 5.32 Å². The Bertz CT molecular complexity index is 472. The van der Waals surface area contributed by atoms with Gasteiger partial charge in [-0.15, -0.1) is 11.8 Å². The van der Waals surface area contributed by atoms with Crippen LogP contribution in [0, 0.1) is 0 Å². The van der Waals surface area contributed by atoms with Gasteiger partial charge < -0.3 is 10.1 Å². The van der Waals surface area contributed by atoms with Gasteiger partial charge in [0, 0.05) is 11.4 Å². The fraction of sp³-hybridized carbons (Fsp3) is 0.562. The number of carbonyl (C=O) groups is 1. The molecule has 0 saturated carbocycles. The van der Waals surface area contributed by atoms with Crippen molar-refractivity contribution in [3.8, 4) is 0 Å². The molecule has 0 aliphatic rings. The summed E-state index contributed by atoms with van der Waals surface area (Å²) in [4.78, 5) is 12.6. The van der Waals surface area contributed by atoms with Crippen LogP contribution in [-0.2, 0) is 16.1 Å². The van der Waals surface area contributed by atoms with Crippen LogP contribution in [0.4, 0.5) is 0 Å². The fourth-order valence-electron chi connectivity index (χ4n) is 1.69. The molecule has 0 unspecified atom stereocenters. The zero-order valence-corrected chi connectivity index (χ0v) is 14.7. The van der Waals surface area contributed by atoms with Gasteiger partial charge in [0.25, 0.3) is 0 Å². The third-order valence-electron chi connectivity index (χ3n) is 2.52. The largest absolute Gasteiger partial charge is 0.459 e. The van der Waals surface area contributed by atoms with Gasteiger partial charge in [0.2, 0.25) is 0 Å². The fourth-order valence-corrected chi connectivity index (χ4v) is 2.75. The molecule has 1 aromatic rings. The quantitative estimate of drug-likeness (QED) is 0.460. The number of rotatable bonds is 7. The second kappa shape index (κ2) is 8.66. The summed E-state index contributed by atoms with van der Waals surface area (Å²) in [7, 11) is 0. The molecule has 118 valence electrons. The minimum Gasteiger partial charge on any atom is -0.459 e. The summed E-state index contributed by atoms with van der Waals surface area (Å²) >= 11 is 7.66. The molecule has 0 aliphatic heterocycles. The average molecular weight is 330 g/mol. The average Bonchev–Trinajstić information content (AvgIpc) is 2.36. The normalized spacial score (nSPS) is 11.5. The van der Waals surface area contributed by atoms with Crippen molar-refractivity contribution in [2.24, 2.45) is 0 Å². The number of benzene rings is 1. The zero-order chi connectivity index (χ0) is 15.9. The van der Waals surface area contributed by atoms with E-state index in [4.69, 9.17) is 16.3 Å². The highest BCUT2D eigenvalue weighted by molar-refractivity contribution is 8.00. The molecule has 0 fully saturated rings. The molecule has 0 spiro atoms. The number of esters is 1. The van der Waals surface area contributed by atoms with Crippen molar-refractivity contribution in [3.05, 3.63) is 28.8 Å². The van der Waals surface area contributed by atoms with E-state index in [2.05, 4.69) is 12.2 Å². The van der Waals surface area contributed by atoms with Crippen molar-refractivity contribution < 1.29 is 9.53 Å². The van der Waals surface area contributed by atoms with E-state index in [-0.39, 0.29) is 11.7 Å². The molecule has 0 aromatic heterocycles. The molecule has 1 rings (SSSR count). The third kappa shape index (κ3) is 7.74. The minimum absolute atomic E-state index is 0.225. The molecule has 0 radical (unpaired) electrons. The molecule has 3 nitrogen and oxygen atoms in total. The Morgan fingerprint density at radius 1 is 1.38 bits per heavy atom. The Hall–Kier alpha value is -0.710. The first-order valence-electron chi connectivity index (χ1n) is 7.15. The summed E-state index contributed by atoms with van der Waals surface area (Å²) in [6, 6.07) is 5.94. The van der Waals surface area contributed by atoms with Crippen LogP contribution in [0.2, 0.25) is 5.02 Å². The topological polar surface area (TPSA) is 38.3 Å². The van der Waals surface area contributed by atoms with Gasteiger partial charge in [-0.1, -0.05) is 24.6 Å². The zero-order valence-electron chi connectivity index (χ0n) is 13.2. The lowest BCUT2D eigenvalue weighted by Gasteiger charge is -2.19. The number of thioether (sulfide) groups is 1. The summed E-state index contributed by atoms with van der Waals surface area (Å²) in [6.45, 7) is 9.52. The maximum absolute atomic E-state index is 11.7. The summed E-state index contributed by atoms with van der Waals surface area (Å²) in [5, 5.41) is 4.01. The van der Waals surface area contributed by atoms with Gasteiger partial charge >= 0.3 is 5.97 Å². The van der Waals surface area contributed by atoms with Gasteiger partial charge in [-0.05, 0) is 51.4 Å². The monoisotopic (exact) mass is 329 g/mol. The van der Waals surface area contributed by atoms with Crippen LogP contribution in [0.5, 0.6) is 0 Å². The second-order valence-electron chi connectivity index (χ2n) is 5.82. The van der Waals surface area contributed by atoms with Gasteiger partial charge in [0.05, 0.1) is 10.8 Å². The first kappa shape index (κ1) is 18.3. The molecule has 0 heterocycles. The number of hydrogen-bond donors (Lipinski definition) is 1. The lowest BCUT2D eigenvalue weighted by molar-refractivity contribution is -0.151. The Balaban J connectivity index is 2.51. The molecule has 0 atom stereocenters. The van der Waals surface area contributed by atoms with Crippen molar-refractivity contribution in [2.45, 2.75) is 51.2 Å². The summed E-state index contributed by atoms with van der Waals surface area (Å²) in [5.41, 5.74) is 0.700. The lowest BCUT2D eigenvalue weighted by atomic mass is 10.2. The van der Waals surface area contributed by atoms with E-state index in [1.165, 1.54) is 11.8 Å². The maximum Gasteiger partial charge on any atom is 0.316 e. The van der Waals surface area contributed by atoms with Crippen molar-refractivity contribution in [2.75, 3.05) is 12.3 Å². The van der Waals surface area contributed by atoms with E-state index in [0.29, 0.717) is 5.02 Å². The first-order valence-corrected chi connectivity index (χ1v) is 8.52.